The molecule has 4 nitrogen and oxygen atoms in total. The first-order valence-corrected chi connectivity index (χ1v) is 4.52. The Bertz CT molecular complexity index is 169. The monoisotopic (exact) mass is 188 g/mol. The number of likely N-dealkylation sites (N-methyl/N-ethyl adjacent to an activating group) is 1. The third kappa shape index (κ3) is 4.24. The van der Waals surface area contributed by atoms with Crippen LogP contribution in [0.3, 0.4) is 0 Å². The highest BCUT2D eigenvalue weighted by Crippen LogP contribution is 2.00. The number of hydrogen-bond acceptors (Lipinski definition) is 3. The molecule has 0 aliphatic rings. The third-order valence-corrected chi connectivity index (χ3v) is 2.12. The van der Waals surface area contributed by atoms with Gasteiger partial charge in [0.05, 0.1) is 5.54 Å². The van der Waals surface area contributed by atoms with Crippen molar-refractivity contribution in [3.8, 4) is 0 Å². The average molecular weight is 188 g/mol. The van der Waals surface area contributed by atoms with Gasteiger partial charge in [0.15, 0.2) is 0 Å². The SMILES string of the molecule is CNC(C)(C)C(=O)NCC(C)CO. The zero-order chi connectivity index (χ0) is 10.5. The van der Waals surface area contributed by atoms with E-state index in [9.17, 15) is 4.79 Å². The standard InChI is InChI=1S/C9H20N2O2/c1-7(6-12)5-11-8(13)9(2,3)10-4/h7,10,12H,5-6H2,1-4H3,(H,11,13). The lowest BCUT2D eigenvalue weighted by Crippen LogP contribution is -2.51. The lowest BCUT2D eigenvalue weighted by atomic mass is 10.0. The number of nitrogens with one attached hydrogen (secondary N) is 2. The van der Waals surface area contributed by atoms with E-state index in [2.05, 4.69) is 10.6 Å². The van der Waals surface area contributed by atoms with Crippen molar-refractivity contribution in [3.05, 3.63) is 0 Å². The van der Waals surface area contributed by atoms with Crippen LogP contribution in [0.15, 0.2) is 0 Å². The highest BCUT2D eigenvalue weighted by molar-refractivity contribution is 5.85. The van der Waals surface area contributed by atoms with Crippen molar-refractivity contribution in [2.45, 2.75) is 26.3 Å². The van der Waals surface area contributed by atoms with Crippen LogP contribution in [0.5, 0.6) is 0 Å². The molecule has 0 radical (unpaired) electrons. The van der Waals surface area contributed by atoms with E-state index in [1.807, 2.05) is 20.8 Å². The van der Waals surface area contributed by atoms with Crippen LogP contribution in [-0.2, 0) is 4.79 Å². The van der Waals surface area contributed by atoms with E-state index in [-0.39, 0.29) is 18.4 Å². The summed E-state index contributed by atoms with van der Waals surface area (Å²) in [5, 5.41) is 14.4. The molecule has 1 unspecified atom stereocenters. The summed E-state index contributed by atoms with van der Waals surface area (Å²) in [7, 11) is 1.75. The van der Waals surface area contributed by atoms with Gasteiger partial charge in [-0.25, -0.2) is 0 Å². The van der Waals surface area contributed by atoms with Gasteiger partial charge in [0.1, 0.15) is 0 Å². The van der Waals surface area contributed by atoms with E-state index < -0.39 is 5.54 Å². The van der Waals surface area contributed by atoms with E-state index in [0.717, 1.165) is 0 Å². The lowest BCUT2D eigenvalue weighted by molar-refractivity contribution is -0.126. The lowest BCUT2D eigenvalue weighted by Gasteiger charge is -2.23. The molecule has 0 spiro atoms. The number of carbonyl (C=O) groups excluding carboxylic acids is 1. The molecule has 78 valence electrons. The predicted octanol–water partition coefficient (Wildman–Crippen LogP) is -0.271. The molecule has 0 aromatic rings. The summed E-state index contributed by atoms with van der Waals surface area (Å²) in [5.41, 5.74) is -0.546. The summed E-state index contributed by atoms with van der Waals surface area (Å²) in [4.78, 5) is 11.5. The van der Waals surface area contributed by atoms with Gasteiger partial charge in [-0.1, -0.05) is 6.92 Å². The zero-order valence-electron chi connectivity index (χ0n) is 8.85. The molecule has 0 aliphatic heterocycles. The number of aliphatic hydroxyl groups is 1. The predicted molar refractivity (Wildman–Crippen MR) is 52.4 cm³/mol. The zero-order valence-corrected chi connectivity index (χ0v) is 8.85. The topological polar surface area (TPSA) is 61.4 Å². The Hall–Kier alpha value is -0.610. The minimum atomic E-state index is -0.546. The number of hydrogen-bond donors (Lipinski definition) is 3. The van der Waals surface area contributed by atoms with Gasteiger partial charge in [-0.3, -0.25) is 4.79 Å². The second kappa shape index (κ2) is 5.19. The molecule has 1 atom stereocenters. The van der Waals surface area contributed by atoms with Crippen LogP contribution in [0, 0.1) is 5.92 Å². The highest BCUT2D eigenvalue weighted by atomic mass is 16.3. The molecule has 1 amide bonds. The Labute approximate surface area is 79.7 Å². The molecule has 0 saturated carbocycles. The smallest absolute Gasteiger partial charge is 0.239 e. The Morgan fingerprint density at radius 2 is 2.08 bits per heavy atom. The number of amides is 1. The van der Waals surface area contributed by atoms with Crippen molar-refractivity contribution in [2.24, 2.45) is 5.92 Å². The van der Waals surface area contributed by atoms with Crippen LogP contribution in [0.2, 0.25) is 0 Å². The van der Waals surface area contributed by atoms with Gasteiger partial charge in [0.2, 0.25) is 5.91 Å². The molecule has 3 N–H and O–H groups in total. The van der Waals surface area contributed by atoms with Crippen molar-refractivity contribution < 1.29 is 9.90 Å². The van der Waals surface area contributed by atoms with Crippen molar-refractivity contribution >= 4 is 5.91 Å². The van der Waals surface area contributed by atoms with E-state index in [4.69, 9.17) is 5.11 Å². The van der Waals surface area contributed by atoms with Crippen molar-refractivity contribution in [2.75, 3.05) is 20.2 Å². The van der Waals surface area contributed by atoms with Crippen LogP contribution in [-0.4, -0.2) is 36.8 Å². The maximum absolute atomic E-state index is 11.5. The minimum Gasteiger partial charge on any atom is -0.396 e. The first kappa shape index (κ1) is 12.4. The van der Waals surface area contributed by atoms with E-state index >= 15 is 0 Å². The van der Waals surface area contributed by atoms with Gasteiger partial charge >= 0.3 is 0 Å². The van der Waals surface area contributed by atoms with Gasteiger partial charge in [-0.2, -0.15) is 0 Å². The van der Waals surface area contributed by atoms with Gasteiger partial charge in [-0.15, -0.1) is 0 Å². The summed E-state index contributed by atoms with van der Waals surface area (Å²) in [6, 6.07) is 0. The van der Waals surface area contributed by atoms with Gasteiger partial charge in [0, 0.05) is 13.2 Å². The van der Waals surface area contributed by atoms with Crippen LogP contribution in [0.1, 0.15) is 20.8 Å². The minimum absolute atomic E-state index is 0.0460. The normalized spacial score (nSPS) is 13.9. The summed E-state index contributed by atoms with van der Waals surface area (Å²) >= 11 is 0. The molecule has 0 rings (SSSR count). The fraction of sp³-hybridized carbons (Fsp3) is 0.889. The van der Waals surface area contributed by atoms with Crippen molar-refractivity contribution in [1.29, 1.82) is 0 Å². The Morgan fingerprint density at radius 1 is 1.54 bits per heavy atom. The molecular weight excluding hydrogens is 168 g/mol. The molecule has 0 aromatic carbocycles. The van der Waals surface area contributed by atoms with E-state index in [1.165, 1.54) is 0 Å². The molecular formula is C9H20N2O2. The molecule has 13 heavy (non-hydrogen) atoms. The highest BCUT2D eigenvalue weighted by Gasteiger charge is 2.24. The first-order valence-electron chi connectivity index (χ1n) is 4.52. The fourth-order valence-electron chi connectivity index (χ4n) is 0.666. The second-order valence-electron chi connectivity index (χ2n) is 3.87. The molecule has 0 heterocycles. The maximum Gasteiger partial charge on any atom is 0.239 e. The molecule has 0 saturated heterocycles. The average Bonchev–Trinajstić information content (AvgIpc) is 2.13. The largest absolute Gasteiger partial charge is 0.396 e. The van der Waals surface area contributed by atoms with Gasteiger partial charge in [0.25, 0.3) is 0 Å². The summed E-state index contributed by atoms with van der Waals surface area (Å²) in [6.07, 6.45) is 0. The van der Waals surface area contributed by atoms with Crippen LogP contribution in [0.25, 0.3) is 0 Å². The Balaban J connectivity index is 3.88. The number of aliphatic hydroxyl groups excluding tert-OH is 1. The van der Waals surface area contributed by atoms with Crippen molar-refractivity contribution in [1.82, 2.24) is 10.6 Å². The maximum atomic E-state index is 11.5. The molecule has 0 aromatic heterocycles. The second-order valence-corrected chi connectivity index (χ2v) is 3.87. The van der Waals surface area contributed by atoms with Crippen LogP contribution in [0.4, 0.5) is 0 Å². The molecule has 4 heteroatoms. The third-order valence-electron chi connectivity index (χ3n) is 2.12. The summed E-state index contributed by atoms with van der Waals surface area (Å²) in [5.74, 6) is 0.0620. The Kier molecular flexibility index (Phi) is 4.95. The summed E-state index contributed by atoms with van der Waals surface area (Å²) in [6.45, 7) is 6.12. The van der Waals surface area contributed by atoms with Gasteiger partial charge < -0.3 is 15.7 Å². The van der Waals surface area contributed by atoms with Gasteiger partial charge in [-0.05, 0) is 26.8 Å². The van der Waals surface area contributed by atoms with Crippen molar-refractivity contribution in [3.63, 3.8) is 0 Å². The molecule has 0 aliphatic carbocycles. The molecule has 0 bridgehead atoms. The quantitative estimate of drug-likeness (QED) is 0.556. The first-order chi connectivity index (χ1) is 5.94. The van der Waals surface area contributed by atoms with E-state index in [0.29, 0.717) is 6.54 Å². The fourth-order valence-corrected chi connectivity index (χ4v) is 0.666. The van der Waals surface area contributed by atoms with Crippen LogP contribution < -0.4 is 10.6 Å². The Morgan fingerprint density at radius 3 is 2.46 bits per heavy atom. The van der Waals surface area contributed by atoms with E-state index in [1.54, 1.807) is 7.05 Å². The summed E-state index contributed by atoms with van der Waals surface area (Å²) < 4.78 is 0. The number of rotatable bonds is 5. The molecule has 0 fully saturated rings. The van der Waals surface area contributed by atoms with Crippen LogP contribution >= 0.6 is 0 Å². The number of carbonyl (C=O) groups is 1.